The monoisotopic (exact) mass is 209 g/mol. The second-order valence-electron chi connectivity index (χ2n) is 3.43. The van der Waals surface area contributed by atoms with Crippen LogP contribution in [0.1, 0.15) is 25.0 Å². The van der Waals surface area contributed by atoms with Gasteiger partial charge in [-0.3, -0.25) is 0 Å². The van der Waals surface area contributed by atoms with Gasteiger partial charge in [-0.15, -0.1) is 0 Å². The SMILES string of the molecule is COc1cccc(C(C)OCCCN)c1. The minimum absolute atomic E-state index is 0.0895. The summed E-state index contributed by atoms with van der Waals surface area (Å²) >= 11 is 0. The molecule has 0 saturated carbocycles. The zero-order chi connectivity index (χ0) is 11.1. The maximum absolute atomic E-state index is 5.63. The first-order valence-electron chi connectivity index (χ1n) is 5.23. The number of hydrogen-bond acceptors (Lipinski definition) is 3. The standard InChI is InChI=1S/C12H19NO2/c1-10(15-8-4-7-13)11-5-3-6-12(9-11)14-2/h3,5-6,9-10H,4,7-8,13H2,1-2H3. The zero-order valence-corrected chi connectivity index (χ0v) is 9.40. The minimum atomic E-state index is 0.0895. The summed E-state index contributed by atoms with van der Waals surface area (Å²) in [5.74, 6) is 0.863. The Morgan fingerprint density at radius 3 is 2.87 bits per heavy atom. The summed E-state index contributed by atoms with van der Waals surface area (Å²) in [5.41, 5.74) is 6.53. The quantitative estimate of drug-likeness (QED) is 0.730. The maximum atomic E-state index is 5.63. The van der Waals surface area contributed by atoms with Crippen molar-refractivity contribution < 1.29 is 9.47 Å². The molecule has 0 aliphatic carbocycles. The molecule has 0 amide bonds. The first kappa shape index (κ1) is 12.0. The molecule has 1 rings (SSSR count). The highest BCUT2D eigenvalue weighted by Crippen LogP contribution is 2.21. The Hall–Kier alpha value is -1.06. The predicted octanol–water partition coefficient (Wildman–Crippen LogP) is 2.12. The second-order valence-corrected chi connectivity index (χ2v) is 3.43. The van der Waals surface area contributed by atoms with Gasteiger partial charge in [-0.05, 0) is 37.6 Å². The molecule has 3 heteroatoms. The summed E-state index contributed by atoms with van der Waals surface area (Å²) in [6.07, 6.45) is 0.987. The Morgan fingerprint density at radius 1 is 1.40 bits per heavy atom. The number of hydrogen-bond donors (Lipinski definition) is 1. The zero-order valence-electron chi connectivity index (χ0n) is 9.40. The first-order valence-corrected chi connectivity index (χ1v) is 5.23. The largest absolute Gasteiger partial charge is 0.497 e. The number of ether oxygens (including phenoxy) is 2. The highest BCUT2D eigenvalue weighted by atomic mass is 16.5. The molecule has 1 aromatic carbocycles. The molecule has 2 N–H and O–H groups in total. The predicted molar refractivity (Wildman–Crippen MR) is 61.0 cm³/mol. The van der Waals surface area contributed by atoms with E-state index in [0.29, 0.717) is 13.2 Å². The van der Waals surface area contributed by atoms with Crippen LogP contribution in [0.5, 0.6) is 5.75 Å². The minimum Gasteiger partial charge on any atom is -0.497 e. The molecule has 0 aliphatic rings. The smallest absolute Gasteiger partial charge is 0.119 e. The van der Waals surface area contributed by atoms with Crippen LogP contribution < -0.4 is 10.5 Å². The summed E-state index contributed by atoms with van der Waals surface area (Å²) in [5, 5.41) is 0. The van der Waals surface area contributed by atoms with Crippen molar-refractivity contribution in [3.05, 3.63) is 29.8 Å². The van der Waals surface area contributed by atoms with Gasteiger partial charge in [-0.1, -0.05) is 12.1 Å². The lowest BCUT2D eigenvalue weighted by atomic mass is 10.1. The van der Waals surface area contributed by atoms with Gasteiger partial charge >= 0.3 is 0 Å². The van der Waals surface area contributed by atoms with Crippen molar-refractivity contribution in [3.8, 4) is 5.75 Å². The molecule has 0 bridgehead atoms. The first-order chi connectivity index (χ1) is 7.27. The van der Waals surface area contributed by atoms with Gasteiger partial charge in [0.05, 0.1) is 13.2 Å². The fourth-order valence-corrected chi connectivity index (χ4v) is 1.33. The molecule has 0 fully saturated rings. The summed E-state index contributed by atoms with van der Waals surface area (Å²) in [7, 11) is 1.67. The van der Waals surface area contributed by atoms with Crippen molar-refractivity contribution in [3.63, 3.8) is 0 Å². The third-order valence-corrected chi connectivity index (χ3v) is 2.28. The van der Waals surface area contributed by atoms with E-state index in [1.165, 1.54) is 0 Å². The molecule has 1 unspecified atom stereocenters. The summed E-state index contributed by atoms with van der Waals surface area (Å²) in [6.45, 7) is 3.41. The molecule has 3 nitrogen and oxygen atoms in total. The molecule has 0 spiro atoms. The van der Waals surface area contributed by atoms with Gasteiger partial charge in [-0.2, -0.15) is 0 Å². The number of methoxy groups -OCH3 is 1. The highest BCUT2D eigenvalue weighted by molar-refractivity contribution is 5.29. The molecule has 0 aromatic heterocycles. The molecular formula is C12H19NO2. The highest BCUT2D eigenvalue weighted by Gasteiger charge is 2.05. The summed E-state index contributed by atoms with van der Waals surface area (Å²) < 4.78 is 10.8. The van der Waals surface area contributed by atoms with E-state index in [4.69, 9.17) is 15.2 Å². The molecule has 84 valence electrons. The normalized spacial score (nSPS) is 12.5. The van der Waals surface area contributed by atoms with Crippen molar-refractivity contribution >= 4 is 0 Å². The van der Waals surface area contributed by atoms with E-state index in [1.54, 1.807) is 7.11 Å². The van der Waals surface area contributed by atoms with E-state index in [1.807, 2.05) is 31.2 Å². The van der Waals surface area contributed by atoms with E-state index in [9.17, 15) is 0 Å². The van der Waals surface area contributed by atoms with Crippen molar-refractivity contribution in [1.29, 1.82) is 0 Å². The van der Waals surface area contributed by atoms with Crippen LogP contribution in [0.15, 0.2) is 24.3 Å². The number of nitrogens with two attached hydrogens (primary N) is 1. The van der Waals surface area contributed by atoms with E-state index < -0.39 is 0 Å². The van der Waals surface area contributed by atoms with Gasteiger partial charge < -0.3 is 15.2 Å². The van der Waals surface area contributed by atoms with E-state index in [0.717, 1.165) is 17.7 Å². The van der Waals surface area contributed by atoms with Crippen LogP contribution in [0.4, 0.5) is 0 Å². The van der Waals surface area contributed by atoms with E-state index in [-0.39, 0.29) is 6.10 Å². The molecule has 0 radical (unpaired) electrons. The average molecular weight is 209 g/mol. The van der Waals surface area contributed by atoms with Crippen LogP contribution >= 0.6 is 0 Å². The Bertz CT molecular complexity index is 289. The molecule has 15 heavy (non-hydrogen) atoms. The summed E-state index contributed by atoms with van der Waals surface area (Å²) in [6, 6.07) is 7.93. The van der Waals surface area contributed by atoms with Crippen LogP contribution in [-0.4, -0.2) is 20.3 Å². The van der Waals surface area contributed by atoms with Crippen LogP contribution in [0.3, 0.4) is 0 Å². The average Bonchev–Trinajstić information content (AvgIpc) is 2.29. The molecule has 1 atom stereocenters. The summed E-state index contributed by atoms with van der Waals surface area (Å²) in [4.78, 5) is 0. The Morgan fingerprint density at radius 2 is 2.20 bits per heavy atom. The van der Waals surface area contributed by atoms with Crippen molar-refractivity contribution in [2.75, 3.05) is 20.3 Å². The third kappa shape index (κ3) is 3.90. The van der Waals surface area contributed by atoms with E-state index >= 15 is 0 Å². The molecule has 0 heterocycles. The van der Waals surface area contributed by atoms with Gasteiger partial charge in [-0.25, -0.2) is 0 Å². The fraction of sp³-hybridized carbons (Fsp3) is 0.500. The van der Waals surface area contributed by atoms with Crippen LogP contribution in [0, 0.1) is 0 Å². The van der Waals surface area contributed by atoms with Crippen LogP contribution in [0.25, 0.3) is 0 Å². The van der Waals surface area contributed by atoms with Gasteiger partial charge in [0.2, 0.25) is 0 Å². The molecule has 0 saturated heterocycles. The second kappa shape index (κ2) is 6.43. The van der Waals surface area contributed by atoms with Gasteiger partial charge in [0.15, 0.2) is 0 Å². The van der Waals surface area contributed by atoms with Crippen LogP contribution in [-0.2, 0) is 4.74 Å². The van der Waals surface area contributed by atoms with Crippen molar-refractivity contribution in [1.82, 2.24) is 0 Å². The number of rotatable bonds is 6. The lowest BCUT2D eigenvalue weighted by molar-refractivity contribution is 0.0650. The Labute approximate surface area is 91.2 Å². The van der Waals surface area contributed by atoms with Gasteiger partial charge in [0.1, 0.15) is 5.75 Å². The molecular weight excluding hydrogens is 190 g/mol. The Balaban J connectivity index is 2.52. The van der Waals surface area contributed by atoms with Gasteiger partial charge in [0.25, 0.3) is 0 Å². The topological polar surface area (TPSA) is 44.5 Å². The lowest BCUT2D eigenvalue weighted by Crippen LogP contribution is -2.07. The van der Waals surface area contributed by atoms with Crippen molar-refractivity contribution in [2.24, 2.45) is 5.73 Å². The van der Waals surface area contributed by atoms with E-state index in [2.05, 4.69) is 0 Å². The molecule has 0 aliphatic heterocycles. The lowest BCUT2D eigenvalue weighted by Gasteiger charge is -2.13. The Kier molecular flexibility index (Phi) is 5.15. The van der Waals surface area contributed by atoms with Crippen molar-refractivity contribution in [2.45, 2.75) is 19.4 Å². The fourth-order valence-electron chi connectivity index (χ4n) is 1.33. The van der Waals surface area contributed by atoms with Crippen LogP contribution in [0.2, 0.25) is 0 Å². The third-order valence-electron chi connectivity index (χ3n) is 2.28. The van der Waals surface area contributed by atoms with Gasteiger partial charge in [0, 0.05) is 6.61 Å². The molecule has 1 aromatic rings. The number of benzene rings is 1. The maximum Gasteiger partial charge on any atom is 0.119 e.